The highest BCUT2D eigenvalue weighted by Gasteiger charge is 2.37. The average Bonchev–Trinajstić information content (AvgIpc) is 3.41. The van der Waals surface area contributed by atoms with Crippen LogP contribution in [0.5, 0.6) is 0 Å². The minimum atomic E-state index is -0.869. The fraction of sp³-hybridized carbons (Fsp3) is 0.448. The molecule has 0 saturated carbocycles. The first-order chi connectivity index (χ1) is 18.5. The van der Waals surface area contributed by atoms with Gasteiger partial charge in [-0.25, -0.2) is 4.98 Å². The van der Waals surface area contributed by atoms with E-state index in [1.54, 1.807) is 13.4 Å². The van der Waals surface area contributed by atoms with E-state index in [0.29, 0.717) is 50.1 Å². The first-order valence-electron chi connectivity index (χ1n) is 12.7. The summed E-state index contributed by atoms with van der Waals surface area (Å²) in [5.41, 5.74) is 2.68. The fourth-order valence-corrected chi connectivity index (χ4v) is 4.16. The van der Waals surface area contributed by atoms with Gasteiger partial charge in [-0.2, -0.15) is 0 Å². The van der Waals surface area contributed by atoms with E-state index in [0.717, 1.165) is 11.1 Å². The third-order valence-electron chi connectivity index (χ3n) is 6.10. The minimum absolute atomic E-state index is 0.225. The molecular formula is C29H38ClN3O5. The maximum atomic E-state index is 13.6. The first kappa shape index (κ1) is 29.8. The Hall–Kier alpha value is -2.75. The van der Waals surface area contributed by atoms with Crippen molar-refractivity contribution in [2.45, 2.75) is 50.2 Å². The van der Waals surface area contributed by atoms with Crippen molar-refractivity contribution in [3.05, 3.63) is 89.6 Å². The standard InChI is InChI=1S/C29H38ClN3O5/c1-33(2)25(21-35-3)27(37-18-22-11-6-4-7-12-22)28(38-19-23-13-8-5-9-14-23)29(34)31-16-10-15-26-32-24(17-30)20-36-26/h4-9,11-14,20,25,27-28H,10,15-19,21H2,1-3H3,(H,31,34)/t25-,27-,28-/m0/s1. The van der Waals surface area contributed by atoms with Crippen LogP contribution in [0.2, 0.25) is 0 Å². The lowest BCUT2D eigenvalue weighted by Gasteiger charge is -2.36. The third kappa shape index (κ3) is 9.53. The Kier molecular flexibility index (Phi) is 12.8. The number of alkyl halides is 1. The second-order valence-electron chi connectivity index (χ2n) is 9.23. The smallest absolute Gasteiger partial charge is 0.251 e. The number of carbonyl (C=O) groups excluding carboxylic acids is 1. The summed E-state index contributed by atoms with van der Waals surface area (Å²) in [7, 11) is 5.53. The number of halogens is 1. The van der Waals surface area contributed by atoms with Crippen LogP contribution < -0.4 is 5.32 Å². The van der Waals surface area contributed by atoms with Gasteiger partial charge in [0.15, 0.2) is 12.0 Å². The minimum Gasteiger partial charge on any atom is -0.449 e. The molecule has 0 bridgehead atoms. The molecule has 9 heteroatoms. The number of carbonyl (C=O) groups is 1. The van der Waals surface area contributed by atoms with E-state index in [1.807, 2.05) is 79.7 Å². The zero-order chi connectivity index (χ0) is 27.2. The number of nitrogens with zero attached hydrogens (tertiary/aromatic N) is 2. The van der Waals surface area contributed by atoms with Crippen LogP contribution in [-0.2, 0) is 44.5 Å². The molecule has 8 nitrogen and oxygen atoms in total. The van der Waals surface area contributed by atoms with E-state index in [-0.39, 0.29) is 18.6 Å². The van der Waals surface area contributed by atoms with Crippen LogP contribution in [0.15, 0.2) is 71.3 Å². The van der Waals surface area contributed by atoms with Crippen molar-refractivity contribution < 1.29 is 23.4 Å². The van der Waals surface area contributed by atoms with Gasteiger partial charge < -0.3 is 28.8 Å². The predicted octanol–water partition coefficient (Wildman–Crippen LogP) is 4.21. The Morgan fingerprint density at radius 1 is 1.03 bits per heavy atom. The van der Waals surface area contributed by atoms with Gasteiger partial charge in [0.1, 0.15) is 12.4 Å². The van der Waals surface area contributed by atoms with E-state index in [4.69, 9.17) is 30.2 Å². The highest BCUT2D eigenvalue weighted by molar-refractivity contribution is 6.16. The molecule has 0 saturated heterocycles. The number of hydrogen-bond donors (Lipinski definition) is 1. The molecule has 0 aliphatic carbocycles. The van der Waals surface area contributed by atoms with E-state index in [9.17, 15) is 4.79 Å². The molecule has 0 fully saturated rings. The predicted molar refractivity (Wildman–Crippen MR) is 147 cm³/mol. The Labute approximate surface area is 230 Å². The second kappa shape index (κ2) is 16.3. The molecule has 0 spiro atoms. The molecule has 0 aliphatic heterocycles. The summed E-state index contributed by atoms with van der Waals surface area (Å²) >= 11 is 5.80. The second-order valence-corrected chi connectivity index (χ2v) is 9.49. The molecule has 1 amide bonds. The van der Waals surface area contributed by atoms with Crippen molar-refractivity contribution in [2.24, 2.45) is 0 Å². The molecule has 206 valence electrons. The number of rotatable bonds is 17. The zero-order valence-electron chi connectivity index (χ0n) is 22.3. The number of ether oxygens (including phenoxy) is 3. The van der Waals surface area contributed by atoms with E-state index >= 15 is 0 Å². The quantitative estimate of drug-likeness (QED) is 0.202. The highest BCUT2D eigenvalue weighted by atomic mass is 35.5. The molecule has 3 atom stereocenters. The van der Waals surface area contributed by atoms with Crippen LogP contribution in [0, 0.1) is 0 Å². The van der Waals surface area contributed by atoms with Crippen molar-refractivity contribution in [2.75, 3.05) is 34.4 Å². The molecule has 0 unspecified atom stereocenters. The van der Waals surface area contributed by atoms with Crippen molar-refractivity contribution in [3.8, 4) is 0 Å². The molecule has 38 heavy (non-hydrogen) atoms. The average molecular weight is 544 g/mol. The van der Waals surface area contributed by atoms with E-state index in [2.05, 4.69) is 10.3 Å². The molecule has 3 rings (SSSR count). The van der Waals surface area contributed by atoms with Crippen molar-refractivity contribution in [3.63, 3.8) is 0 Å². The molecule has 0 aliphatic rings. The molecule has 0 radical (unpaired) electrons. The SMILES string of the molecule is COC[C@@H]([C@H](OCc1ccccc1)[C@H](OCc1ccccc1)C(=O)NCCCc1nc(CCl)co1)N(C)C. The van der Waals surface area contributed by atoms with Gasteiger partial charge in [0.2, 0.25) is 0 Å². The molecule has 2 aromatic carbocycles. The number of nitrogens with one attached hydrogen (secondary N) is 1. The largest absolute Gasteiger partial charge is 0.449 e. The van der Waals surface area contributed by atoms with Gasteiger partial charge >= 0.3 is 0 Å². The van der Waals surface area contributed by atoms with Crippen LogP contribution in [-0.4, -0.2) is 68.4 Å². The molecule has 1 aromatic heterocycles. The van der Waals surface area contributed by atoms with Gasteiger partial charge in [0.25, 0.3) is 5.91 Å². The summed E-state index contributed by atoms with van der Waals surface area (Å²) < 4.78 is 23.6. The highest BCUT2D eigenvalue weighted by Crippen LogP contribution is 2.19. The van der Waals surface area contributed by atoms with Gasteiger partial charge in [0.05, 0.1) is 37.4 Å². The number of benzene rings is 2. The van der Waals surface area contributed by atoms with Crippen LogP contribution in [0.4, 0.5) is 0 Å². The summed E-state index contributed by atoms with van der Waals surface area (Å²) in [6.45, 7) is 1.42. The summed E-state index contributed by atoms with van der Waals surface area (Å²) in [6.07, 6.45) is 1.34. The molecular weight excluding hydrogens is 506 g/mol. The lowest BCUT2D eigenvalue weighted by Crippen LogP contribution is -2.55. The fourth-order valence-electron chi connectivity index (χ4n) is 4.03. The molecule has 1 heterocycles. The normalized spacial score (nSPS) is 13.8. The Balaban J connectivity index is 1.74. The van der Waals surface area contributed by atoms with Gasteiger partial charge in [0, 0.05) is 20.1 Å². The van der Waals surface area contributed by atoms with Gasteiger partial charge in [-0.1, -0.05) is 60.7 Å². The topological polar surface area (TPSA) is 86.1 Å². The molecule has 1 N–H and O–H groups in total. The van der Waals surface area contributed by atoms with Crippen LogP contribution in [0.3, 0.4) is 0 Å². The van der Waals surface area contributed by atoms with Crippen molar-refractivity contribution in [1.82, 2.24) is 15.2 Å². The number of amides is 1. The summed E-state index contributed by atoms with van der Waals surface area (Å²) in [4.78, 5) is 19.9. The van der Waals surface area contributed by atoms with E-state index < -0.39 is 12.2 Å². The Morgan fingerprint density at radius 3 is 2.21 bits per heavy atom. The van der Waals surface area contributed by atoms with Crippen molar-refractivity contribution in [1.29, 1.82) is 0 Å². The number of likely N-dealkylation sites (N-methyl/N-ethyl adjacent to an activating group) is 1. The van der Waals surface area contributed by atoms with Gasteiger partial charge in [-0.05, 0) is 31.6 Å². The van der Waals surface area contributed by atoms with Gasteiger partial charge in [-0.3, -0.25) is 4.79 Å². The summed E-state index contributed by atoms with van der Waals surface area (Å²) in [5, 5.41) is 3.03. The Morgan fingerprint density at radius 2 is 1.66 bits per heavy atom. The number of methoxy groups -OCH3 is 1. The summed E-state index contributed by atoms with van der Waals surface area (Å²) in [5.74, 6) is 0.666. The number of oxazole rings is 1. The molecule has 3 aromatic rings. The third-order valence-corrected chi connectivity index (χ3v) is 6.37. The zero-order valence-corrected chi connectivity index (χ0v) is 23.1. The van der Waals surface area contributed by atoms with Crippen LogP contribution >= 0.6 is 11.6 Å². The number of hydrogen-bond acceptors (Lipinski definition) is 7. The van der Waals surface area contributed by atoms with Crippen molar-refractivity contribution >= 4 is 17.5 Å². The van der Waals surface area contributed by atoms with Crippen LogP contribution in [0.1, 0.15) is 29.1 Å². The maximum Gasteiger partial charge on any atom is 0.251 e. The maximum absolute atomic E-state index is 13.6. The van der Waals surface area contributed by atoms with Gasteiger partial charge in [-0.15, -0.1) is 11.6 Å². The monoisotopic (exact) mass is 543 g/mol. The summed E-state index contributed by atoms with van der Waals surface area (Å²) in [6, 6.07) is 19.4. The Bertz CT molecular complexity index is 1060. The lowest BCUT2D eigenvalue weighted by atomic mass is 10.0. The van der Waals surface area contributed by atoms with Crippen LogP contribution in [0.25, 0.3) is 0 Å². The van der Waals surface area contributed by atoms with E-state index in [1.165, 1.54) is 0 Å². The lowest BCUT2D eigenvalue weighted by molar-refractivity contribution is -0.157. The first-order valence-corrected chi connectivity index (χ1v) is 13.3. The number of aromatic nitrogens is 1. The number of aryl methyl sites for hydroxylation is 1.